The van der Waals surface area contributed by atoms with Crippen molar-refractivity contribution in [3.8, 4) is 0 Å². The lowest BCUT2D eigenvalue weighted by molar-refractivity contribution is -0.152. The first-order valence-electron chi connectivity index (χ1n) is 11.0. The fraction of sp³-hybridized carbons (Fsp3) is 0.700. The third-order valence-corrected chi connectivity index (χ3v) is 8.13. The predicted octanol–water partition coefficient (Wildman–Crippen LogP) is 1.86. The predicted molar refractivity (Wildman–Crippen MR) is 119 cm³/mol. The summed E-state index contributed by atoms with van der Waals surface area (Å²) >= 11 is 0. The highest BCUT2D eigenvalue weighted by atomic mass is 31.2. The minimum atomic E-state index is -3.42. The molecule has 2 aliphatic heterocycles. The lowest BCUT2D eigenvalue weighted by Crippen LogP contribution is -2.51. The van der Waals surface area contributed by atoms with Gasteiger partial charge < -0.3 is 30.0 Å². The van der Waals surface area contributed by atoms with Gasteiger partial charge in [0.1, 0.15) is 11.8 Å². The molecule has 6 atom stereocenters. The number of carbonyl (C=O) groups is 1. The van der Waals surface area contributed by atoms with Crippen molar-refractivity contribution < 1.29 is 27.9 Å². The summed E-state index contributed by atoms with van der Waals surface area (Å²) in [6.45, 7) is 7.37. The van der Waals surface area contributed by atoms with Crippen LogP contribution in [-0.4, -0.2) is 62.6 Å². The molecule has 2 aliphatic rings. The third kappa shape index (κ3) is 4.63. The van der Waals surface area contributed by atoms with Gasteiger partial charge in [-0.2, -0.15) is 0 Å². The van der Waals surface area contributed by atoms with E-state index in [0.29, 0.717) is 17.6 Å². The van der Waals surface area contributed by atoms with E-state index in [4.69, 9.17) is 30.0 Å². The smallest absolute Gasteiger partial charge is 0.331 e. The van der Waals surface area contributed by atoms with Crippen molar-refractivity contribution in [2.45, 2.75) is 58.1 Å². The number of ether oxygens (including phenoxy) is 2. The first-order chi connectivity index (χ1) is 15.5. The molecule has 4 N–H and O–H groups in total. The summed E-state index contributed by atoms with van der Waals surface area (Å²) in [7, 11) is -3.42. The molecule has 0 bridgehead atoms. The number of nitrogen functional groups attached to an aromatic ring is 1. The van der Waals surface area contributed by atoms with Crippen molar-refractivity contribution in [1.29, 1.82) is 0 Å². The lowest BCUT2D eigenvalue weighted by Gasteiger charge is -2.36. The molecule has 12 nitrogen and oxygen atoms in total. The van der Waals surface area contributed by atoms with E-state index in [1.807, 2.05) is 6.92 Å². The van der Waals surface area contributed by atoms with Gasteiger partial charge in [-0.05, 0) is 27.2 Å². The van der Waals surface area contributed by atoms with E-state index >= 15 is 0 Å². The second-order valence-electron chi connectivity index (χ2n) is 9.18. The number of nitrogens with two attached hydrogens (primary N) is 2. The molecule has 2 fully saturated rings. The number of hydrogen-bond acceptors (Lipinski definition) is 11. The zero-order valence-corrected chi connectivity index (χ0v) is 20.1. The molecule has 2 aromatic heterocycles. The molecule has 182 valence electrons. The SMILES string of the molecule is CC(C)OC(=O)[C@@H](C)CCOP1(=O)C[C@@H]2[C@@H](CO1)O[C@@H](n1cnc3c(N)ncnc31)[C@]2(C)N. The van der Waals surface area contributed by atoms with Crippen molar-refractivity contribution in [1.82, 2.24) is 19.5 Å². The third-order valence-electron chi connectivity index (χ3n) is 6.17. The molecule has 0 radical (unpaired) electrons. The zero-order valence-electron chi connectivity index (χ0n) is 19.2. The summed E-state index contributed by atoms with van der Waals surface area (Å²) in [6, 6.07) is 0. The second-order valence-corrected chi connectivity index (χ2v) is 11.3. The van der Waals surface area contributed by atoms with Crippen molar-refractivity contribution in [2.75, 3.05) is 25.1 Å². The molecule has 33 heavy (non-hydrogen) atoms. The van der Waals surface area contributed by atoms with Crippen LogP contribution in [0.4, 0.5) is 5.82 Å². The molecule has 0 amide bonds. The average Bonchev–Trinajstić information content (AvgIpc) is 3.27. The van der Waals surface area contributed by atoms with Gasteiger partial charge >= 0.3 is 13.6 Å². The van der Waals surface area contributed by atoms with Crippen LogP contribution in [0, 0.1) is 11.8 Å². The Hall–Kier alpha value is -2.11. The molecule has 0 aromatic carbocycles. The summed E-state index contributed by atoms with van der Waals surface area (Å²) in [5.74, 6) is -0.711. The number of aromatic nitrogens is 4. The van der Waals surface area contributed by atoms with Gasteiger partial charge in [0.05, 0.1) is 49.4 Å². The van der Waals surface area contributed by atoms with Crippen LogP contribution in [0.25, 0.3) is 11.2 Å². The van der Waals surface area contributed by atoms with Gasteiger partial charge in [0.2, 0.25) is 0 Å². The van der Waals surface area contributed by atoms with Crippen LogP contribution in [0.1, 0.15) is 40.3 Å². The standard InChI is InChI=1S/C20H31N6O6P/c1-11(2)31-18(27)12(3)5-6-29-33(28)8-13-14(7-30-33)32-19(20(13,4)22)26-10-25-15-16(21)23-9-24-17(15)26/h9-14,19H,5-8,22H2,1-4H3,(H2,21,23,24)/t12-,13+,14+,19+,20+,33?/m0/s1. The largest absolute Gasteiger partial charge is 0.463 e. The molecule has 0 saturated carbocycles. The minimum absolute atomic E-state index is 0.0833. The Morgan fingerprint density at radius 1 is 1.36 bits per heavy atom. The summed E-state index contributed by atoms with van der Waals surface area (Å²) in [6.07, 6.45) is 2.22. The summed E-state index contributed by atoms with van der Waals surface area (Å²) < 4.78 is 37.7. The maximum absolute atomic E-state index is 13.3. The van der Waals surface area contributed by atoms with Crippen molar-refractivity contribution in [2.24, 2.45) is 17.6 Å². The molecular formula is C20H31N6O6P. The summed E-state index contributed by atoms with van der Waals surface area (Å²) in [5, 5.41) is 0. The monoisotopic (exact) mass is 482 g/mol. The normalized spacial score (nSPS) is 32.7. The van der Waals surface area contributed by atoms with E-state index in [0.717, 1.165) is 0 Å². The minimum Gasteiger partial charge on any atom is -0.463 e. The molecule has 4 heterocycles. The van der Waals surface area contributed by atoms with Gasteiger partial charge in [-0.25, -0.2) is 15.0 Å². The highest BCUT2D eigenvalue weighted by molar-refractivity contribution is 7.53. The number of fused-ring (bicyclic) bond motifs is 2. The first kappa shape index (κ1) is 24.0. The van der Waals surface area contributed by atoms with E-state index < -0.39 is 19.4 Å². The topological polar surface area (TPSA) is 167 Å². The Balaban J connectivity index is 1.43. The van der Waals surface area contributed by atoms with Crippen LogP contribution >= 0.6 is 7.60 Å². The molecule has 2 saturated heterocycles. The molecule has 4 rings (SSSR count). The van der Waals surface area contributed by atoms with Gasteiger partial charge in [0.25, 0.3) is 0 Å². The van der Waals surface area contributed by atoms with E-state index in [2.05, 4.69) is 15.0 Å². The van der Waals surface area contributed by atoms with E-state index in [9.17, 15) is 9.36 Å². The van der Waals surface area contributed by atoms with Gasteiger partial charge in [-0.3, -0.25) is 13.9 Å². The molecule has 13 heteroatoms. The molecule has 0 aliphatic carbocycles. The van der Waals surface area contributed by atoms with Gasteiger partial charge in [0.15, 0.2) is 17.7 Å². The molecule has 1 unspecified atom stereocenters. The number of esters is 1. The zero-order chi connectivity index (χ0) is 24.0. The number of carbonyl (C=O) groups excluding carboxylic acids is 1. The number of imidazole rings is 1. The van der Waals surface area contributed by atoms with Crippen LogP contribution in [-0.2, 0) is 27.9 Å². The lowest BCUT2D eigenvalue weighted by atomic mass is 9.85. The van der Waals surface area contributed by atoms with E-state index in [-0.39, 0.29) is 55.2 Å². The Morgan fingerprint density at radius 2 is 2.12 bits per heavy atom. The van der Waals surface area contributed by atoms with Crippen LogP contribution in [0.2, 0.25) is 0 Å². The number of rotatable bonds is 7. The van der Waals surface area contributed by atoms with E-state index in [1.165, 1.54) is 6.33 Å². The Bertz CT molecular complexity index is 1070. The van der Waals surface area contributed by atoms with E-state index in [1.54, 1.807) is 31.7 Å². The van der Waals surface area contributed by atoms with Crippen LogP contribution in [0.3, 0.4) is 0 Å². The first-order valence-corrected chi connectivity index (χ1v) is 12.7. The number of anilines is 1. The maximum Gasteiger partial charge on any atom is 0.331 e. The Kier molecular flexibility index (Phi) is 6.49. The molecule has 0 spiro atoms. The fourth-order valence-corrected chi connectivity index (χ4v) is 6.43. The number of nitrogens with zero attached hydrogens (tertiary/aromatic N) is 4. The number of hydrogen-bond donors (Lipinski definition) is 2. The quantitative estimate of drug-likeness (QED) is 0.436. The van der Waals surface area contributed by atoms with Crippen molar-refractivity contribution in [3.05, 3.63) is 12.7 Å². The van der Waals surface area contributed by atoms with Crippen molar-refractivity contribution in [3.63, 3.8) is 0 Å². The second kappa shape index (κ2) is 8.92. The highest BCUT2D eigenvalue weighted by Crippen LogP contribution is 2.59. The molecule has 2 aromatic rings. The van der Waals surface area contributed by atoms with Crippen LogP contribution in [0.5, 0.6) is 0 Å². The van der Waals surface area contributed by atoms with Crippen LogP contribution in [0.15, 0.2) is 12.7 Å². The Labute approximate surface area is 191 Å². The summed E-state index contributed by atoms with van der Waals surface area (Å²) in [5.41, 5.74) is 12.7. The van der Waals surface area contributed by atoms with Crippen LogP contribution < -0.4 is 11.5 Å². The van der Waals surface area contributed by atoms with Gasteiger partial charge in [0, 0.05) is 5.92 Å². The molecular weight excluding hydrogens is 451 g/mol. The fourth-order valence-electron chi connectivity index (χ4n) is 4.27. The summed E-state index contributed by atoms with van der Waals surface area (Å²) in [4.78, 5) is 24.5. The Morgan fingerprint density at radius 3 is 2.85 bits per heavy atom. The highest BCUT2D eigenvalue weighted by Gasteiger charge is 2.57. The maximum atomic E-state index is 13.3. The average molecular weight is 482 g/mol. The van der Waals surface area contributed by atoms with Crippen molar-refractivity contribution >= 4 is 30.5 Å². The van der Waals surface area contributed by atoms with Gasteiger partial charge in [-0.15, -0.1) is 0 Å². The van der Waals surface area contributed by atoms with Gasteiger partial charge in [-0.1, -0.05) is 6.92 Å².